The quantitative estimate of drug-likeness (QED) is 0.243. The molecule has 2 heterocycles. The van der Waals surface area contributed by atoms with Crippen LogP contribution in [0.15, 0.2) is 91.1 Å². The second kappa shape index (κ2) is 10.5. The molecule has 0 fully saturated rings. The van der Waals surface area contributed by atoms with Crippen LogP contribution in [-0.4, -0.2) is 15.1 Å². The second-order valence-electron chi connectivity index (χ2n) is 12.5. The minimum absolute atomic E-state index is 0.112. The molecule has 3 nitrogen and oxygen atoms in total. The molecule has 0 radical (unpaired) electrons. The molecule has 0 spiro atoms. The van der Waals surface area contributed by atoms with E-state index in [0.717, 1.165) is 51.2 Å². The number of nitrogens with zero attached hydrogens (tertiary/aromatic N) is 2. The smallest absolute Gasteiger partial charge is 0.165 e. The zero-order valence-corrected chi connectivity index (χ0v) is 24.3. The lowest BCUT2D eigenvalue weighted by molar-refractivity contribution is 0.429. The average molecular weight is 549 g/mol. The Morgan fingerprint density at radius 2 is 1.15 bits per heavy atom. The van der Waals surface area contributed by atoms with Gasteiger partial charge in [-0.2, -0.15) is 0 Å². The fraction of sp³-hybridized carbons (Fsp3) is 0.222. The van der Waals surface area contributed by atoms with Crippen molar-refractivity contribution in [2.45, 2.75) is 52.4 Å². The Labute approximate surface area is 240 Å². The lowest BCUT2D eigenvalue weighted by Gasteiger charge is -2.26. The van der Waals surface area contributed by atoms with Crippen LogP contribution in [0.2, 0.25) is 0 Å². The first-order valence-corrected chi connectivity index (χ1v) is 13.7. The Kier molecular flexibility index (Phi) is 7.24. The molecule has 0 amide bonds. The van der Waals surface area contributed by atoms with Gasteiger partial charge in [-0.3, -0.25) is 4.98 Å². The predicted octanol–water partition coefficient (Wildman–Crippen LogP) is 9.72. The summed E-state index contributed by atoms with van der Waals surface area (Å²) < 4.78 is 29.6. The minimum Gasteiger partial charge on any atom is -0.504 e. The van der Waals surface area contributed by atoms with E-state index in [9.17, 15) is 9.50 Å². The van der Waals surface area contributed by atoms with Crippen LogP contribution in [0.25, 0.3) is 44.9 Å². The molecular weight excluding hydrogens is 514 g/mol. The lowest BCUT2D eigenvalue weighted by atomic mass is 9.79. The molecule has 41 heavy (non-hydrogen) atoms. The van der Waals surface area contributed by atoms with E-state index in [-0.39, 0.29) is 22.1 Å². The molecule has 0 aliphatic heterocycles. The van der Waals surface area contributed by atoms with Crippen molar-refractivity contribution in [3.63, 3.8) is 0 Å². The van der Waals surface area contributed by atoms with Crippen molar-refractivity contribution in [3.05, 3.63) is 114 Å². The van der Waals surface area contributed by atoms with Gasteiger partial charge in [0.25, 0.3) is 0 Å². The van der Waals surface area contributed by atoms with Crippen molar-refractivity contribution in [3.8, 4) is 50.6 Å². The van der Waals surface area contributed by atoms with E-state index in [0.29, 0.717) is 5.69 Å². The maximum Gasteiger partial charge on any atom is 0.165 e. The number of hydrogen-bond donors (Lipinski definition) is 1. The fourth-order valence-corrected chi connectivity index (χ4v) is 4.79. The third kappa shape index (κ3) is 5.90. The van der Waals surface area contributed by atoms with Crippen molar-refractivity contribution in [1.82, 2.24) is 9.97 Å². The molecule has 0 saturated carbocycles. The van der Waals surface area contributed by atoms with Crippen LogP contribution in [-0.2, 0) is 10.8 Å². The van der Waals surface area contributed by atoms with Gasteiger partial charge < -0.3 is 5.11 Å². The van der Waals surface area contributed by atoms with Gasteiger partial charge in [-0.15, -0.1) is 0 Å². The number of aromatic nitrogens is 2. The molecule has 2 aromatic heterocycles. The summed E-state index contributed by atoms with van der Waals surface area (Å²) in [5.41, 5.74) is 6.77. The molecular formula is C36H34F2N2O. The van der Waals surface area contributed by atoms with E-state index in [4.69, 9.17) is 4.98 Å². The molecule has 0 unspecified atom stereocenters. The highest BCUT2D eigenvalue weighted by Gasteiger charge is 2.23. The Hall–Kier alpha value is -4.38. The molecule has 0 bridgehead atoms. The van der Waals surface area contributed by atoms with E-state index in [2.05, 4.69) is 64.7 Å². The zero-order chi connectivity index (χ0) is 29.5. The normalized spacial score (nSPS) is 12.0. The number of aromatic hydroxyl groups is 1. The van der Waals surface area contributed by atoms with Gasteiger partial charge in [0.05, 0.1) is 22.6 Å². The highest BCUT2D eigenvalue weighted by molar-refractivity contribution is 5.80. The van der Waals surface area contributed by atoms with Crippen LogP contribution in [0, 0.1) is 11.6 Å². The summed E-state index contributed by atoms with van der Waals surface area (Å²) in [5.74, 6) is -2.42. The van der Waals surface area contributed by atoms with Crippen molar-refractivity contribution in [1.29, 1.82) is 0 Å². The molecule has 0 aliphatic carbocycles. The first-order valence-electron chi connectivity index (χ1n) is 13.7. The molecule has 1 N–H and O–H groups in total. The van der Waals surface area contributed by atoms with E-state index >= 15 is 4.39 Å². The van der Waals surface area contributed by atoms with Gasteiger partial charge in [0, 0.05) is 17.3 Å². The molecule has 5 heteroatoms. The highest BCUT2D eigenvalue weighted by atomic mass is 19.1. The summed E-state index contributed by atoms with van der Waals surface area (Å²) >= 11 is 0. The maximum atomic E-state index is 15.1. The minimum atomic E-state index is -0.906. The molecule has 5 aromatic rings. The van der Waals surface area contributed by atoms with Crippen molar-refractivity contribution >= 4 is 0 Å². The molecule has 0 atom stereocenters. The van der Waals surface area contributed by atoms with Crippen LogP contribution in [0.5, 0.6) is 5.75 Å². The van der Waals surface area contributed by atoms with Crippen LogP contribution in [0.3, 0.4) is 0 Å². The van der Waals surface area contributed by atoms with Gasteiger partial charge >= 0.3 is 0 Å². The van der Waals surface area contributed by atoms with Gasteiger partial charge in [0.1, 0.15) is 5.82 Å². The first kappa shape index (κ1) is 28.2. The van der Waals surface area contributed by atoms with Crippen molar-refractivity contribution in [2.75, 3.05) is 0 Å². The van der Waals surface area contributed by atoms with E-state index in [1.165, 1.54) is 0 Å². The predicted molar refractivity (Wildman–Crippen MR) is 163 cm³/mol. The lowest BCUT2D eigenvalue weighted by Crippen LogP contribution is -2.16. The maximum absolute atomic E-state index is 15.1. The Morgan fingerprint density at radius 1 is 0.561 bits per heavy atom. The topological polar surface area (TPSA) is 46.0 Å². The van der Waals surface area contributed by atoms with Crippen LogP contribution in [0.1, 0.15) is 52.7 Å². The van der Waals surface area contributed by atoms with E-state index < -0.39 is 17.4 Å². The van der Waals surface area contributed by atoms with Gasteiger partial charge in [0.2, 0.25) is 0 Å². The molecule has 0 aliphatic rings. The number of halogens is 2. The van der Waals surface area contributed by atoms with E-state index in [1.807, 2.05) is 48.5 Å². The fourth-order valence-electron chi connectivity index (χ4n) is 4.79. The summed E-state index contributed by atoms with van der Waals surface area (Å²) in [6.07, 6.45) is 1.74. The monoisotopic (exact) mass is 548 g/mol. The second-order valence-corrected chi connectivity index (χ2v) is 12.5. The number of pyridine rings is 2. The molecule has 208 valence electrons. The summed E-state index contributed by atoms with van der Waals surface area (Å²) in [6, 6.07) is 25.6. The van der Waals surface area contributed by atoms with Gasteiger partial charge in [-0.1, -0.05) is 84.0 Å². The van der Waals surface area contributed by atoms with Crippen LogP contribution >= 0.6 is 0 Å². The average Bonchev–Trinajstić information content (AvgIpc) is 2.94. The summed E-state index contributed by atoms with van der Waals surface area (Å²) in [7, 11) is 0. The Balaban J connectivity index is 1.79. The largest absolute Gasteiger partial charge is 0.504 e. The summed E-state index contributed by atoms with van der Waals surface area (Å²) in [4.78, 5) is 9.22. The molecule has 3 aromatic carbocycles. The van der Waals surface area contributed by atoms with Gasteiger partial charge in [0.15, 0.2) is 11.6 Å². The third-order valence-corrected chi connectivity index (χ3v) is 7.28. The number of benzene rings is 3. The van der Waals surface area contributed by atoms with Gasteiger partial charge in [-0.05, 0) is 75.5 Å². The van der Waals surface area contributed by atoms with E-state index in [1.54, 1.807) is 12.3 Å². The van der Waals surface area contributed by atoms with Gasteiger partial charge in [-0.25, -0.2) is 13.8 Å². The summed E-state index contributed by atoms with van der Waals surface area (Å²) in [5, 5.41) is 10.6. The number of rotatable bonds is 4. The standard InChI is InChI=1S/C36H34F2N2O/c1-35(2,3)26-17-24(18-27(21-26)36(4,5)6)25-19-31(23-11-9-10-22(16-23)30-12-7-8-15-39-30)40-32(20-25)33-28(37)13-14-29(38)34(33)41/h7-21,41H,1-6H3. The SMILES string of the molecule is CC(C)(C)c1cc(-c2cc(-c3cccc(-c4ccccn4)c3)nc(-c3c(F)ccc(F)c3O)c2)cc(C(C)(C)C)c1. The third-order valence-electron chi connectivity index (χ3n) is 7.28. The zero-order valence-electron chi connectivity index (χ0n) is 24.3. The van der Waals surface area contributed by atoms with Crippen molar-refractivity contribution < 1.29 is 13.9 Å². The highest BCUT2D eigenvalue weighted by Crippen LogP contribution is 2.39. The van der Waals surface area contributed by atoms with Crippen LogP contribution in [0.4, 0.5) is 8.78 Å². The number of phenolic OH excluding ortho intramolecular Hbond substituents is 1. The Bertz CT molecular complexity index is 1700. The molecule has 0 saturated heterocycles. The first-order chi connectivity index (χ1) is 19.3. The van der Waals surface area contributed by atoms with Crippen LogP contribution < -0.4 is 0 Å². The van der Waals surface area contributed by atoms with Crippen molar-refractivity contribution in [2.24, 2.45) is 0 Å². The number of phenols is 1. The number of hydrogen-bond acceptors (Lipinski definition) is 3. The summed E-state index contributed by atoms with van der Waals surface area (Å²) in [6.45, 7) is 13.0. The Morgan fingerprint density at radius 3 is 1.76 bits per heavy atom. The molecule has 5 rings (SSSR count).